The molecule has 3 aromatic rings. The second-order valence-electron chi connectivity index (χ2n) is 6.92. The van der Waals surface area contributed by atoms with Crippen molar-refractivity contribution in [3.63, 3.8) is 0 Å². The number of nitro groups is 1. The molecule has 1 heterocycles. The molecule has 0 aliphatic rings. The molecule has 0 saturated carbocycles. The number of hydrogen-bond acceptors (Lipinski definition) is 10. The highest BCUT2D eigenvalue weighted by Gasteiger charge is 2.49. The summed E-state index contributed by atoms with van der Waals surface area (Å²) in [5.74, 6) is -1.71. The average molecular weight is 518 g/mol. The highest BCUT2D eigenvalue weighted by Crippen LogP contribution is 2.46. The van der Waals surface area contributed by atoms with Gasteiger partial charge in [0, 0.05) is 6.20 Å². The summed E-state index contributed by atoms with van der Waals surface area (Å²) in [6.45, 7) is -1.01. The molecule has 0 spiro atoms. The van der Waals surface area contributed by atoms with Crippen molar-refractivity contribution in [3.05, 3.63) is 51.7 Å². The van der Waals surface area contributed by atoms with Crippen LogP contribution in [0.4, 0.5) is 18.9 Å². The quantitative estimate of drug-likeness (QED) is 0.196. The Labute approximate surface area is 195 Å². The summed E-state index contributed by atoms with van der Waals surface area (Å²) < 4.78 is 76.2. The SMILES string of the molecule is COc1cc(-c2cnc3cc(CO)c(CO)cc3c2[N+](=O)[O-])cc(OS(=O)(=O)C(F)(F)F)c1OC. The van der Waals surface area contributed by atoms with E-state index in [1.54, 1.807) is 0 Å². The molecule has 0 aliphatic carbocycles. The Morgan fingerprint density at radius 1 is 1.03 bits per heavy atom. The van der Waals surface area contributed by atoms with Gasteiger partial charge in [0.05, 0.1) is 48.8 Å². The van der Waals surface area contributed by atoms with Crippen LogP contribution in [0.2, 0.25) is 0 Å². The minimum absolute atomic E-state index is 0.0473. The van der Waals surface area contributed by atoms with E-state index in [0.29, 0.717) is 0 Å². The van der Waals surface area contributed by atoms with E-state index >= 15 is 0 Å². The molecule has 0 radical (unpaired) electrons. The summed E-state index contributed by atoms with van der Waals surface area (Å²) in [7, 11) is -3.98. The number of alkyl halides is 3. The van der Waals surface area contributed by atoms with Crippen molar-refractivity contribution in [3.8, 4) is 28.4 Å². The van der Waals surface area contributed by atoms with Crippen LogP contribution in [-0.4, -0.2) is 48.3 Å². The smallest absolute Gasteiger partial charge is 0.493 e. The summed E-state index contributed by atoms with van der Waals surface area (Å²) in [4.78, 5) is 15.4. The third kappa shape index (κ3) is 4.78. The number of methoxy groups -OCH3 is 2. The number of fused-ring (bicyclic) bond motifs is 1. The third-order valence-corrected chi connectivity index (χ3v) is 5.89. The minimum Gasteiger partial charge on any atom is -0.493 e. The van der Waals surface area contributed by atoms with E-state index in [4.69, 9.17) is 9.47 Å². The highest BCUT2D eigenvalue weighted by atomic mass is 32.2. The van der Waals surface area contributed by atoms with E-state index in [-0.39, 0.29) is 38.9 Å². The first-order valence-corrected chi connectivity index (χ1v) is 10.9. The second-order valence-corrected chi connectivity index (χ2v) is 8.46. The molecule has 2 N–H and O–H groups in total. The van der Waals surface area contributed by atoms with Crippen LogP contribution in [0.1, 0.15) is 11.1 Å². The number of aliphatic hydroxyl groups excluding tert-OH is 2. The minimum atomic E-state index is -6.12. The number of ether oxygens (including phenoxy) is 2. The maximum atomic E-state index is 12.9. The fourth-order valence-electron chi connectivity index (χ4n) is 3.33. The number of halogens is 3. The molecule has 2 aromatic carbocycles. The van der Waals surface area contributed by atoms with Crippen molar-refractivity contribution < 1.29 is 50.4 Å². The summed E-state index contributed by atoms with van der Waals surface area (Å²) in [5.41, 5.74) is -6.14. The van der Waals surface area contributed by atoms with Gasteiger partial charge in [0.2, 0.25) is 5.75 Å². The Balaban J connectivity index is 2.35. The first-order valence-electron chi connectivity index (χ1n) is 9.46. The van der Waals surface area contributed by atoms with Crippen LogP contribution < -0.4 is 13.7 Å². The molecule has 0 amide bonds. The molecule has 11 nitrogen and oxygen atoms in total. The molecule has 0 unspecified atom stereocenters. The number of hydrogen-bond donors (Lipinski definition) is 2. The number of aromatic nitrogens is 1. The lowest BCUT2D eigenvalue weighted by Crippen LogP contribution is -2.28. The van der Waals surface area contributed by atoms with Crippen molar-refractivity contribution in [1.29, 1.82) is 0 Å². The van der Waals surface area contributed by atoms with Crippen LogP contribution in [0.5, 0.6) is 17.2 Å². The summed E-state index contributed by atoms with van der Waals surface area (Å²) >= 11 is 0. The second kappa shape index (κ2) is 9.52. The molecule has 35 heavy (non-hydrogen) atoms. The molecular formula is C20H17F3N2O9S. The lowest BCUT2D eigenvalue weighted by molar-refractivity contribution is -0.382. The maximum Gasteiger partial charge on any atom is 0.534 e. The summed E-state index contributed by atoms with van der Waals surface area (Å²) in [5, 5.41) is 31.0. The first kappa shape index (κ1) is 25.9. The molecular weight excluding hydrogens is 501 g/mol. The van der Waals surface area contributed by atoms with Crippen LogP contribution in [0.3, 0.4) is 0 Å². The molecule has 0 saturated heterocycles. The van der Waals surface area contributed by atoms with Gasteiger partial charge in [-0.15, -0.1) is 0 Å². The zero-order chi connectivity index (χ0) is 26.1. The van der Waals surface area contributed by atoms with Crippen molar-refractivity contribution in [2.45, 2.75) is 18.7 Å². The van der Waals surface area contributed by atoms with Gasteiger partial charge in [0.15, 0.2) is 11.5 Å². The number of nitrogens with zero attached hydrogens (tertiary/aromatic N) is 2. The van der Waals surface area contributed by atoms with E-state index < -0.39 is 50.9 Å². The lowest BCUT2D eigenvalue weighted by Gasteiger charge is -2.17. The summed E-state index contributed by atoms with van der Waals surface area (Å²) in [6.07, 6.45) is 1.05. The lowest BCUT2D eigenvalue weighted by atomic mass is 9.98. The van der Waals surface area contributed by atoms with Gasteiger partial charge in [0.1, 0.15) is 0 Å². The van der Waals surface area contributed by atoms with Crippen LogP contribution in [0.15, 0.2) is 30.5 Å². The number of rotatable bonds is 8. The molecule has 0 bridgehead atoms. The van der Waals surface area contributed by atoms with Crippen molar-refractivity contribution in [2.24, 2.45) is 0 Å². The van der Waals surface area contributed by atoms with Gasteiger partial charge in [-0.05, 0) is 41.0 Å². The van der Waals surface area contributed by atoms with Crippen LogP contribution in [0.25, 0.3) is 22.0 Å². The molecule has 0 atom stereocenters. The third-order valence-electron chi connectivity index (χ3n) is 4.92. The number of pyridine rings is 1. The molecule has 1 aromatic heterocycles. The highest BCUT2D eigenvalue weighted by molar-refractivity contribution is 7.88. The van der Waals surface area contributed by atoms with Crippen molar-refractivity contribution >= 4 is 26.7 Å². The summed E-state index contributed by atoms with van der Waals surface area (Å²) in [6, 6.07) is 4.56. The maximum absolute atomic E-state index is 12.9. The largest absolute Gasteiger partial charge is 0.534 e. The molecule has 188 valence electrons. The Hall–Kier alpha value is -3.69. The Morgan fingerprint density at radius 2 is 1.63 bits per heavy atom. The molecule has 0 fully saturated rings. The van der Waals surface area contributed by atoms with E-state index in [1.807, 2.05) is 0 Å². The van der Waals surface area contributed by atoms with Gasteiger partial charge in [-0.25, -0.2) is 0 Å². The Morgan fingerprint density at radius 3 is 2.14 bits per heavy atom. The Kier molecular flexibility index (Phi) is 7.05. The van der Waals surface area contributed by atoms with E-state index in [2.05, 4.69) is 9.17 Å². The van der Waals surface area contributed by atoms with Crippen molar-refractivity contribution in [2.75, 3.05) is 14.2 Å². The zero-order valence-electron chi connectivity index (χ0n) is 18.0. The van der Waals surface area contributed by atoms with E-state index in [0.717, 1.165) is 32.5 Å². The molecule has 15 heteroatoms. The van der Waals surface area contributed by atoms with Gasteiger partial charge in [0.25, 0.3) is 5.69 Å². The van der Waals surface area contributed by atoms with Gasteiger partial charge in [-0.1, -0.05) is 0 Å². The number of aliphatic hydroxyl groups is 2. The van der Waals surface area contributed by atoms with Crippen molar-refractivity contribution in [1.82, 2.24) is 4.98 Å². The molecule has 0 aliphatic heterocycles. The van der Waals surface area contributed by atoms with Gasteiger partial charge in [-0.2, -0.15) is 21.6 Å². The van der Waals surface area contributed by atoms with E-state index in [9.17, 15) is 41.9 Å². The monoisotopic (exact) mass is 518 g/mol. The van der Waals surface area contributed by atoms with Crippen LogP contribution in [0, 0.1) is 10.1 Å². The number of benzene rings is 2. The average Bonchev–Trinajstić information content (AvgIpc) is 2.80. The predicted molar refractivity (Wildman–Crippen MR) is 114 cm³/mol. The van der Waals surface area contributed by atoms with E-state index in [1.165, 1.54) is 12.1 Å². The first-order chi connectivity index (χ1) is 16.4. The fourth-order valence-corrected chi connectivity index (χ4v) is 3.78. The standard InChI is InChI=1S/C20H17F3N2O9S/c1-32-16-5-10(6-17(19(16)33-2)34-35(30,31)20(21,22)23)14-7-24-15-4-12(9-27)11(8-26)3-13(15)18(14)25(28)29/h3-7,26-27H,8-9H2,1-2H3. The molecule has 3 rings (SSSR count). The van der Waals surface area contributed by atoms with Crippen LogP contribution in [-0.2, 0) is 23.3 Å². The Bertz CT molecular complexity index is 1410. The predicted octanol–water partition coefficient (Wildman–Crippen LogP) is 3.04. The van der Waals surface area contributed by atoms with Gasteiger partial charge < -0.3 is 23.9 Å². The van der Waals surface area contributed by atoms with Gasteiger partial charge in [-0.3, -0.25) is 15.1 Å². The van der Waals surface area contributed by atoms with Gasteiger partial charge >= 0.3 is 15.6 Å². The topological polar surface area (TPSA) is 158 Å². The van der Waals surface area contributed by atoms with Crippen LogP contribution >= 0.6 is 0 Å². The fraction of sp³-hybridized carbons (Fsp3) is 0.250. The zero-order valence-corrected chi connectivity index (χ0v) is 18.8. The normalized spacial score (nSPS) is 12.0.